The molecule has 1 fully saturated rings. The fraction of sp³-hybridized carbons (Fsp3) is 0.917. The molecule has 0 saturated carbocycles. The molecule has 0 aliphatic carbocycles. The molecule has 88 valence electrons. The van der Waals surface area contributed by atoms with Crippen molar-refractivity contribution in [1.82, 2.24) is 5.32 Å². The van der Waals surface area contributed by atoms with Crippen molar-refractivity contribution < 1.29 is 9.53 Å². The van der Waals surface area contributed by atoms with Gasteiger partial charge < -0.3 is 10.1 Å². The summed E-state index contributed by atoms with van der Waals surface area (Å²) in [6.45, 7) is 8.85. The Bertz CT molecular complexity index is 216. The Kier molecular flexibility index (Phi) is 4.58. The summed E-state index contributed by atoms with van der Waals surface area (Å²) in [6.07, 6.45) is 2.03. The van der Waals surface area contributed by atoms with E-state index in [2.05, 4.69) is 26.1 Å². The van der Waals surface area contributed by atoms with Crippen molar-refractivity contribution in [3.8, 4) is 0 Å². The number of hydrogen-bond acceptors (Lipinski definition) is 3. The van der Waals surface area contributed by atoms with Gasteiger partial charge in [-0.2, -0.15) is 0 Å². The van der Waals surface area contributed by atoms with Crippen LogP contribution < -0.4 is 5.32 Å². The maximum Gasteiger partial charge on any atom is 0.310 e. The number of rotatable bonds is 3. The average Bonchev–Trinajstić information content (AvgIpc) is 2.17. The van der Waals surface area contributed by atoms with Crippen LogP contribution >= 0.6 is 0 Å². The van der Waals surface area contributed by atoms with Crippen LogP contribution in [0.5, 0.6) is 0 Å². The Morgan fingerprint density at radius 3 is 2.60 bits per heavy atom. The van der Waals surface area contributed by atoms with Gasteiger partial charge in [-0.15, -0.1) is 0 Å². The summed E-state index contributed by atoms with van der Waals surface area (Å²) >= 11 is 0. The lowest BCUT2D eigenvalue weighted by atomic mass is 9.84. The molecule has 1 N–H and O–H groups in total. The molecule has 3 nitrogen and oxygen atoms in total. The zero-order chi connectivity index (χ0) is 11.4. The Hall–Kier alpha value is -0.570. The molecule has 0 aromatic carbocycles. The third-order valence-electron chi connectivity index (χ3n) is 3.26. The molecule has 0 aromatic heterocycles. The number of nitrogens with one attached hydrogen (secondary N) is 1. The lowest BCUT2D eigenvalue weighted by molar-refractivity contribution is -0.150. The van der Waals surface area contributed by atoms with Gasteiger partial charge in [-0.05, 0) is 32.6 Å². The SMILES string of the molecule is CCOC(=O)C1CCC(C(C)C)NC1C. The second kappa shape index (κ2) is 5.50. The summed E-state index contributed by atoms with van der Waals surface area (Å²) in [4.78, 5) is 11.6. The molecule has 15 heavy (non-hydrogen) atoms. The lowest BCUT2D eigenvalue weighted by Gasteiger charge is -2.36. The van der Waals surface area contributed by atoms with E-state index >= 15 is 0 Å². The monoisotopic (exact) mass is 213 g/mol. The minimum atomic E-state index is -0.0419. The first kappa shape index (κ1) is 12.5. The first-order valence-corrected chi connectivity index (χ1v) is 5.99. The zero-order valence-electron chi connectivity index (χ0n) is 10.2. The Morgan fingerprint density at radius 1 is 1.47 bits per heavy atom. The van der Waals surface area contributed by atoms with Crippen molar-refractivity contribution in [1.29, 1.82) is 0 Å². The van der Waals surface area contributed by atoms with Crippen molar-refractivity contribution in [2.45, 2.75) is 52.6 Å². The number of esters is 1. The van der Waals surface area contributed by atoms with Gasteiger partial charge in [0, 0.05) is 12.1 Å². The van der Waals surface area contributed by atoms with Gasteiger partial charge in [0.25, 0.3) is 0 Å². The van der Waals surface area contributed by atoms with Crippen LogP contribution in [0.3, 0.4) is 0 Å². The predicted molar refractivity (Wildman–Crippen MR) is 60.6 cm³/mol. The highest BCUT2D eigenvalue weighted by Crippen LogP contribution is 2.24. The summed E-state index contributed by atoms with van der Waals surface area (Å²) in [5.74, 6) is 0.634. The minimum Gasteiger partial charge on any atom is -0.466 e. The van der Waals surface area contributed by atoms with Gasteiger partial charge in [-0.25, -0.2) is 0 Å². The van der Waals surface area contributed by atoms with E-state index in [9.17, 15) is 4.79 Å². The molecule has 1 rings (SSSR count). The second-order valence-electron chi connectivity index (χ2n) is 4.74. The topological polar surface area (TPSA) is 38.3 Å². The number of carbonyl (C=O) groups excluding carboxylic acids is 1. The summed E-state index contributed by atoms with van der Waals surface area (Å²) in [7, 11) is 0. The molecule has 3 atom stereocenters. The number of hydrogen-bond donors (Lipinski definition) is 1. The normalized spacial score (nSPS) is 31.7. The van der Waals surface area contributed by atoms with Crippen LogP contribution in [0.25, 0.3) is 0 Å². The average molecular weight is 213 g/mol. The maximum atomic E-state index is 11.6. The fourth-order valence-corrected chi connectivity index (χ4v) is 2.24. The summed E-state index contributed by atoms with van der Waals surface area (Å²) in [5.41, 5.74) is 0. The van der Waals surface area contributed by atoms with Crippen molar-refractivity contribution in [2.75, 3.05) is 6.61 Å². The van der Waals surface area contributed by atoms with Crippen molar-refractivity contribution in [3.05, 3.63) is 0 Å². The van der Waals surface area contributed by atoms with E-state index in [4.69, 9.17) is 4.74 Å². The van der Waals surface area contributed by atoms with Crippen LogP contribution in [0.2, 0.25) is 0 Å². The first-order chi connectivity index (χ1) is 7.06. The molecule has 0 radical (unpaired) electrons. The van der Waals surface area contributed by atoms with Gasteiger partial charge in [-0.3, -0.25) is 4.79 Å². The minimum absolute atomic E-state index is 0.0416. The molecule has 3 unspecified atom stereocenters. The van der Waals surface area contributed by atoms with E-state index in [0.717, 1.165) is 12.8 Å². The van der Waals surface area contributed by atoms with E-state index in [1.54, 1.807) is 0 Å². The molecule has 0 amide bonds. The molecule has 3 heteroatoms. The third-order valence-corrected chi connectivity index (χ3v) is 3.26. The molecule has 0 bridgehead atoms. The highest BCUT2D eigenvalue weighted by molar-refractivity contribution is 5.73. The van der Waals surface area contributed by atoms with Gasteiger partial charge in [-0.1, -0.05) is 13.8 Å². The molecule has 1 aliphatic rings. The standard InChI is InChI=1S/C12H23NO2/c1-5-15-12(14)10-6-7-11(8(2)3)13-9(10)4/h8-11,13H,5-7H2,1-4H3. The van der Waals surface area contributed by atoms with Crippen LogP contribution in [-0.2, 0) is 9.53 Å². The summed E-state index contributed by atoms with van der Waals surface area (Å²) in [6, 6.07) is 0.788. The van der Waals surface area contributed by atoms with Crippen molar-refractivity contribution >= 4 is 5.97 Å². The van der Waals surface area contributed by atoms with Crippen LogP contribution in [0, 0.1) is 11.8 Å². The van der Waals surface area contributed by atoms with Gasteiger partial charge >= 0.3 is 5.97 Å². The van der Waals surface area contributed by atoms with E-state index in [-0.39, 0.29) is 17.9 Å². The molecule has 1 aliphatic heterocycles. The van der Waals surface area contributed by atoms with Crippen LogP contribution in [-0.4, -0.2) is 24.7 Å². The van der Waals surface area contributed by atoms with Gasteiger partial charge in [0.2, 0.25) is 0 Å². The number of ether oxygens (including phenoxy) is 1. The quantitative estimate of drug-likeness (QED) is 0.728. The number of piperidine rings is 1. The van der Waals surface area contributed by atoms with Crippen LogP contribution in [0.1, 0.15) is 40.5 Å². The lowest BCUT2D eigenvalue weighted by Crippen LogP contribution is -2.50. The van der Waals surface area contributed by atoms with Crippen LogP contribution in [0.4, 0.5) is 0 Å². The molecular weight excluding hydrogens is 190 g/mol. The summed E-state index contributed by atoms with van der Waals surface area (Å²) in [5, 5.41) is 3.50. The number of carbonyl (C=O) groups is 1. The summed E-state index contributed by atoms with van der Waals surface area (Å²) < 4.78 is 5.07. The van der Waals surface area contributed by atoms with Crippen molar-refractivity contribution in [3.63, 3.8) is 0 Å². The van der Waals surface area contributed by atoms with Gasteiger partial charge in [0.1, 0.15) is 0 Å². The highest BCUT2D eigenvalue weighted by Gasteiger charge is 2.33. The molecule has 0 aromatic rings. The highest BCUT2D eigenvalue weighted by atomic mass is 16.5. The predicted octanol–water partition coefficient (Wildman–Crippen LogP) is 1.96. The van der Waals surface area contributed by atoms with E-state index in [1.165, 1.54) is 0 Å². The third kappa shape index (κ3) is 3.20. The first-order valence-electron chi connectivity index (χ1n) is 5.99. The smallest absolute Gasteiger partial charge is 0.310 e. The van der Waals surface area contributed by atoms with Crippen molar-refractivity contribution in [2.24, 2.45) is 11.8 Å². The van der Waals surface area contributed by atoms with Crippen LogP contribution in [0.15, 0.2) is 0 Å². The van der Waals surface area contributed by atoms with E-state index < -0.39 is 0 Å². The molecular formula is C12H23NO2. The Morgan fingerprint density at radius 2 is 2.13 bits per heavy atom. The largest absolute Gasteiger partial charge is 0.466 e. The second-order valence-corrected chi connectivity index (χ2v) is 4.74. The molecule has 1 heterocycles. The Balaban J connectivity index is 2.48. The Labute approximate surface area is 92.6 Å². The maximum absolute atomic E-state index is 11.6. The van der Waals surface area contributed by atoms with Gasteiger partial charge in [0.15, 0.2) is 0 Å². The molecule has 0 spiro atoms. The van der Waals surface area contributed by atoms with E-state index in [0.29, 0.717) is 18.6 Å². The molecule has 1 saturated heterocycles. The fourth-order valence-electron chi connectivity index (χ4n) is 2.24. The van der Waals surface area contributed by atoms with Gasteiger partial charge in [0.05, 0.1) is 12.5 Å². The van der Waals surface area contributed by atoms with E-state index in [1.807, 2.05) is 6.92 Å². The zero-order valence-corrected chi connectivity index (χ0v) is 10.2.